The van der Waals surface area contributed by atoms with Crippen LogP contribution in [0.5, 0.6) is 0 Å². The molecule has 1 saturated heterocycles. The Labute approximate surface area is 73.7 Å². The van der Waals surface area contributed by atoms with E-state index in [4.69, 9.17) is 10.00 Å². The van der Waals surface area contributed by atoms with Crippen LogP contribution >= 0.6 is 0 Å². The number of rotatable bonds is 3. The largest absolute Gasteiger partial charge is 0.381 e. The summed E-state index contributed by atoms with van der Waals surface area (Å²) >= 11 is 0. The van der Waals surface area contributed by atoms with Crippen LogP contribution in [0, 0.1) is 17.2 Å². The van der Waals surface area contributed by atoms with Gasteiger partial charge in [-0.25, -0.2) is 0 Å². The molecule has 0 radical (unpaired) electrons. The Morgan fingerprint density at radius 2 is 2.58 bits per heavy atom. The molecule has 0 aromatic heterocycles. The predicted molar refractivity (Wildman–Crippen MR) is 46.6 cm³/mol. The van der Waals surface area contributed by atoms with Gasteiger partial charge in [-0.05, 0) is 19.4 Å². The molecule has 0 spiro atoms. The van der Waals surface area contributed by atoms with E-state index < -0.39 is 0 Å². The first-order chi connectivity index (χ1) is 5.88. The molecule has 1 fully saturated rings. The van der Waals surface area contributed by atoms with Crippen molar-refractivity contribution < 1.29 is 4.74 Å². The fraction of sp³-hybridized carbons (Fsp3) is 0.889. The smallest absolute Gasteiger partial charge is 0.100 e. The lowest BCUT2D eigenvalue weighted by Crippen LogP contribution is -2.39. The monoisotopic (exact) mass is 168 g/mol. The van der Waals surface area contributed by atoms with Crippen molar-refractivity contribution in [2.75, 3.05) is 19.8 Å². The number of hydrogen-bond acceptors (Lipinski definition) is 3. The molecule has 0 amide bonds. The van der Waals surface area contributed by atoms with Crippen molar-refractivity contribution in [1.29, 1.82) is 5.26 Å². The molecular weight excluding hydrogens is 152 g/mol. The number of nitrogens with one attached hydrogen (secondary N) is 1. The average molecular weight is 168 g/mol. The number of nitriles is 1. The second-order valence-corrected chi connectivity index (χ2v) is 3.14. The van der Waals surface area contributed by atoms with Crippen LogP contribution < -0.4 is 5.32 Å². The zero-order valence-corrected chi connectivity index (χ0v) is 7.55. The maximum Gasteiger partial charge on any atom is 0.100 e. The number of nitrogens with zero attached hydrogens (tertiary/aromatic N) is 1. The standard InChI is InChI=1S/C9H16N2O/c1-2-11-9(6-10)8-4-3-5-12-7-8/h8-9,11H,2-5,7H2,1H3. The Balaban J connectivity index is 2.36. The van der Waals surface area contributed by atoms with E-state index in [1.165, 1.54) is 0 Å². The predicted octanol–water partition coefficient (Wildman–Crippen LogP) is 0.915. The van der Waals surface area contributed by atoms with Crippen molar-refractivity contribution in [3.63, 3.8) is 0 Å². The minimum atomic E-state index is -0.0182. The summed E-state index contributed by atoms with van der Waals surface area (Å²) in [6.45, 7) is 4.48. The molecule has 1 aliphatic rings. The summed E-state index contributed by atoms with van der Waals surface area (Å²) in [6, 6.07) is 2.26. The third-order valence-corrected chi connectivity index (χ3v) is 2.23. The molecule has 3 heteroatoms. The van der Waals surface area contributed by atoms with Crippen LogP contribution in [0.3, 0.4) is 0 Å². The van der Waals surface area contributed by atoms with Crippen molar-refractivity contribution in [2.24, 2.45) is 5.92 Å². The van der Waals surface area contributed by atoms with Crippen LogP contribution in [0.4, 0.5) is 0 Å². The molecule has 0 bridgehead atoms. The van der Waals surface area contributed by atoms with Crippen molar-refractivity contribution in [2.45, 2.75) is 25.8 Å². The molecule has 0 aromatic carbocycles. The Morgan fingerprint density at radius 3 is 3.08 bits per heavy atom. The first kappa shape index (κ1) is 9.50. The summed E-state index contributed by atoms with van der Waals surface area (Å²) in [5.41, 5.74) is 0. The van der Waals surface area contributed by atoms with Gasteiger partial charge in [0.2, 0.25) is 0 Å². The van der Waals surface area contributed by atoms with Gasteiger partial charge in [0.15, 0.2) is 0 Å². The van der Waals surface area contributed by atoms with Crippen molar-refractivity contribution >= 4 is 0 Å². The minimum absolute atomic E-state index is 0.0182. The van der Waals surface area contributed by atoms with Crippen LogP contribution in [0.15, 0.2) is 0 Å². The molecule has 2 atom stereocenters. The molecule has 1 rings (SSSR count). The SMILES string of the molecule is CCNC(C#N)C1CCCOC1. The highest BCUT2D eigenvalue weighted by Crippen LogP contribution is 2.16. The second-order valence-electron chi connectivity index (χ2n) is 3.14. The Hall–Kier alpha value is -0.590. The van der Waals surface area contributed by atoms with Gasteiger partial charge in [-0.1, -0.05) is 6.92 Å². The van der Waals surface area contributed by atoms with Gasteiger partial charge in [0.1, 0.15) is 6.04 Å². The summed E-state index contributed by atoms with van der Waals surface area (Å²) < 4.78 is 5.32. The van der Waals surface area contributed by atoms with Gasteiger partial charge >= 0.3 is 0 Å². The quantitative estimate of drug-likeness (QED) is 0.681. The summed E-state index contributed by atoms with van der Waals surface area (Å²) in [6.07, 6.45) is 2.21. The van der Waals surface area contributed by atoms with Crippen LogP contribution in [0.1, 0.15) is 19.8 Å². The van der Waals surface area contributed by atoms with Crippen LogP contribution in [-0.2, 0) is 4.74 Å². The zero-order chi connectivity index (χ0) is 8.81. The average Bonchev–Trinajstić information content (AvgIpc) is 2.15. The molecule has 68 valence electrons. The summed E-state index contributed by atoms with van der Waals surface area (Å²) in [4.78, 5) is 0. The van der Waals surface area contributed by atoms with E-state index in [1.807, 2.05) is 6.92 Å². The van der Waals surface area contributed by atoms with Crippen molar-refractivity contribution in [1.82, 2.24) is 5.32 Å². The lowest BCUT2D eigenvalue weighted by Gasteiger charge is -2.26. The van der Waals surface area contributed by atoms with E-state index in [9.17, 15) is 0 Å². The van der Waals surface area contributed by atoms with Gasteiger partial charge in [0.05, 0.1) is 12.7 Å². The lowest BCUT2D eigenvalue weighted by molar-refractivity contribution is 0.0470. The van der Waals surface area contributed by atoms with Crippen molar-refractivity contribution in [3.8, 4) is 6.07 Å². The maximum atomic E-state index is 8.84. The first-order valence-corrected chi connectivity index (χ1v) is 4.59. The molecule has 3 nitrogen and oxygen atoms in total. The van der Waals surface area contributed by atoms with Gasteiger partial charge in [-0.15, -0.1) is 0 Å². The van der Waals surface area contributed by atoms with E-state index in [0.29, 0.717) is 5.92 Å². The minimum Gasteiger partial charge on any atom is -0.381 e. The molecule has 1 aliphatic heterocycles. The summed E-state index contributed by atoms with van der Waals surface area (Å²) in [5, 5.41) is 12.0. The van der Waals surface area contributed by atoms with Crippen molar-refractivity contribution in [3.05, 3.63) is 0 Å². The van der Waals surface area contributed by atoms with E-state index in [2.05, 4.69) is 11.4 Å². The fourth-order valence-electron chi connectivity index (χ4n) is 1.57. The molecule has 0 saturated carbocycles. The van der Waals surface area contributed by atoms with E-state index in [1.54, 1.807) is 0 Å². The maximum absolute atomic E-state index is 8.84. The Morgan fingerprint density at radius 1 is 1.75 bits per heavy atom. The molecule has 12 heavy (non-hydrogen) atoms. The van der Waals surface area contributed by atoms with Gasteiger partial charge < -0.3 is 10.1 Å². The first-order valence-electron chi connectivity index (χ1n) is 4.59. The van der Waals surface area contributed by atoms with E-state index >= 15 is 0 Å². The molecule has 1 N–H and O–H groups in total. The van der Waals surface area contributed by atoms with Gasteiger partial charge in [0.25, 0.3) is 0 Å². The highest BCUT2D eigenvalue weighted by molar-refractivity contribution is 4.95. The highest BCUT2D eigenvalue weighted by atomic mass is 16.5. The Bertz CT molecular complexity index is 158. The molecular formula is C9H16N2O. The fourth-order valence-corrected chi connectivity index (χ4v) is 1.57. The van der Waals surface area contributed by atoms with Crippen LogP contribution in [0.2, 0.25) is 0 Å². The zero-order valence-electron chi connectivity index (χ0n) is 7.55. The van der Waals surface area contributed by atoms with Gasteiger partial charge in [0, 0.05) is 12.5 Å². The normalized spacial score (nSPS) is 26.2. The number of hydrogen-bond donors (Lipinski definition) is 1. The second kappa shape index (κ2) is 5.13. The number of ether oxygens (including phenoxy) is 1. The summed E-state index contributed by atoms with van der Waals surface area (Å²) in [7, 11) is 0. The van der Waals surface area contributed by atoms with Gasteiger partial charge in [-0.2, -0.15) is 5.26 Å². The van der Waals surface area contributed by atoms with E-state index in [-0.39, 0.29) is 6.04 Å². The molecule has 0 aliphatic carbocycles. The molecule has 0 aromatic rings. The third-order valence-electron chi connectivity index (χ3n) is 2.23. The van der Waals surface area contributed by atoms with Crippen LogP contribution in [0.25, 0.3) is 0 Å². The highest BCUT2D eigenvalue weighted by Gasteiger charge is 2.22. The topological polar surface area (TPSA) is 45.0 Å². The van der Waals surface area contributed by atoms with Crippen LogP contribution in [-0.4, -0.2) is 25.8 Å². The van der Waals surface area contributed by atoms with E-state index in [0.717, 1.165) is 32.6 Å². The third kappa shape index (κ3) is 2.47. The van der Waals surface area contributed by atoms with Gasteiger partial charge in [-0.3, -0.25) is 0 Å². The molecule has 2 unspecified atom stereocenters. The molecule has 1 heterocycles. The lowest BCUT2D eigenvalue weighted by atomic mass is 9.95. The Kier molecular flexibility index (Phi) is 4.06. The summed E-state index contributed by atoms with van der Waals surface area (Å²) in [5.74, 6) is 0.392.